The van der Waals surface area contributed by atoms with Gasteiger partial charge in [-0.3, -0.25) is 14.4 Å². The van der Waals surface area contributed by atoms with Crippen LogP contribution >= 0.6 is 0 Å². The minimum atomic E-state index is -0.833. The van der Waals surface area contributed by atoms with Crippen molar-refractivity contribution in [3.8, 4) is 0 Å². The van der Waals surface area contributed by atoms with E-state index in [4.69, 9.17) is 29.7 Å². The van der Waals surface area contributed by atoms with E-state index in [1.807, 2.05) is 0 Å². The summed E-state index contributed by atoms with van der Waals surface area (Å²) in [5.74, 6) is -2.50. The fraction of sp³-hybridized carbons (Fsp3) is 0.500. The van der Waals surface area contributed by atoms with E-state index in [0.29, 0.717) is 0 Å². The molecular weight excluding hydrogens is 243 g/mol. The molecule has 0 saturated carbocycles. The van der Waals surface area contributed by atoms with Gasteiger partial charge in [-0.05, 0) is 0 Å². The Morgan fingerprint density at radius 3 is 0.692 bits per heavy atom. The molecule has 0 heterocycles. The van der Waals surface area contributed by atoms with Crippen LogP contribution in [0.2, 0.25) is 0 Å². The van der Waals surface area contributed by atoms with E-state index in [2.05, 4.69) is 0 Å². The molecule has 0 amide bonds. The Bertz CT molecular complexity index is 115. The molecule has 0 rings (SSSR count). The standard InChI is InChI=1S/3C2H4O2.AsH3/c3*1-2(3)4;/h3*1H3,(H,3,4);1H3. The zero-order chi connectivity index (χ0) is 10.7. The third kappa shape index (κ3) is 829. The van der Waals surface area contributed by atoms with Crippen LogP contribution in [0.25, 0.3) is 0 Å². The van der Waals surface area contributed by atoms with Crippen LogP contribution in [0, 0.1) is 0 Å². The SMILES string of the molecule is CC(=O)O.CC(=O)O.CC(=O)O.[AsH3]. The summed E-state index contributed by atoms with van der Waals surface area (Å²) in [5.41, 5.74) is 0. The molecular formula is C6H15AsO6. The van der Waals surface area contributed by atoms with Gasteiger partial charge < -0.3 is 15.3 Å². The predicted octanol–water partition coefficient (Wildman–Crippen LogP) is -0.911. The van der Waals surface area contributed by atoms with Gasteiger partial charge in [0.15, 0.2) is 0 Å². The van der Waals surface area contributed by atoms with Crippen molar-refractivity contribution < 1.29 is 29.7 Å². The number of carboxylic acids is 3. The van der Waals surface area contributed by atoms with E-state index < -0.39 is 17.9 Å². The van der Waals surface area contributed by atoms with Gasteiger partial charge in [0.1, 0.15) is 0 Å². The van der Waals surface area contributed by atoms with Gasteiger partial charge in [0, 0.05) is 20.8 Å². The maximum absolute atomic E-state index is 9.00. The summed E-state index contributed by atoms with van der Waals surface area (Å²) in [5, 5.41) is 22.2. The van der Waals surface area contributed by atoms with Gasteiger partial charge in [0.05, 0.1) is 0 Å². The van der Waals surface area contributed by atoms with Crippen LogP contribution in [0.15, 0.2) is 0 Å². The Labute approximate surface area is 86.9 Å². The number of hydrogen-bond donors (Lipinski definition) is 3. The summed E-state index contributed by atoms with van der Waals surface area (Å²) in [6, 6.07) is 0. The van der Waals surface area contributed by atoms with E-state index in [9.17, 15) is 0 Å². The molecule has 0 aromatic rings. The fourth-order valence-electron chi connectivity index (χ4n) is 0. The van der Waals surface area contributed by atoms with E-state index in [1.54, 1.807) is 0 Å². The predicted molar refractivity (Wildman–Crippen MR) is 49.9 cm³/mol. The van der Waals surface area contributed by atoms with Gasteiger partial charge in [0.25, 0.3) is 17.9 Å². The number of carboxylic acid groups (broad SMARTS) is 3. The first-order chi connectivity index (χ1) is 5.20. The zero-order valence-corrected chi connectivity index (χ0v) is 10.7. The van der Waals surface area contributed by atoms with Crippen molar-refractivity contribution in [3.63, 3.8) is 0 Å². The fourth-order valence-corrected chi connectivity index (χ4v) is 0. The van der Waals surface area contributed by atoms with Gasteiger partial charge in [-0.2, -0.15) is 0 Å². The summed E-state index contributed by atoms with van der Waals surface area (Å²) in [6.45, 7) is 3.25. The first-order valence-corrected chi connectivity index (χ1v) is 2.78. The van der Waals surface area contributed by atoms with Crippen LogP contribution in [0.3, 0.4) is 0 Å². The molecule has 13 heavy (non-hydrogen) atoms. The van der Waals surface area contributed by atoms with E-state index in [1.165, 1.54) is 0 Å². The van der Waals surface area contributed by atoms with Crippen molar-refractivity contribution in [2.24, 2.45) is 0 Å². The number of carbonyl (C=O) groups is 3. The molecule has 0 fully saturated rings. The number of aliphatic carboxylic acids is 3. The molecule has 0 aliphatic heterocycles. The molecule has 0 radical (unpaired) electrons. The molecule has 80 valence electrons. The zero-order valence-electron chi connectivity index (χ0n) is 7.77. The van der Waals surface area contributed by atoms with Crippen molar-refractivity contribution >= 4 is 35.9 Å². The van der Waals surface area contributed by atoms with E-state index in [-0.39, 0.29) is 18.0 Å². The van der Waals surface area contributed by atoms with Crippen LogP contribution < -0.4 is 0 Å². The Kier molecular flexibility index (Phi) is 29.9. The van der Waals surface area contributed by atoms with Crippen LogP contribution in [0.1, 0.15) is 20.8 Å². The number of rotatable bonds is 0. The second kappa shape index (κ2) is 17.2. The van der Waals surface area contributed by atoms with Gasteiger partial charge >= 0.3 is 18.0 Å². The topological polar surface area (TPSA) is 112 Å². The average Bonchev–Trinajstić information content (AvgIpc) is 1.54. The van der Waals surface area contributed by atoms with Gasteiger partial charge in [-0.15, -0.1) is 0 Å². The van der Waals surface area contributed by atoms with Crippen LogP contribution in [0.4, 0.5) is 0 Å². The number of hydrogen-bond acceptors (Lipinski definition) is 3. The summed E-state index contributed by atoms with van der Waals surface area (Å²) >= 11 is 0. The second-order valence-corrected chi connectivity index (χ2v) is 1.56. The Hall–Kier alpha value is -1.03. The minimum absolute atomic E-state index is 0. The Morgan fingerprint density at radius 2 is 0.692 bits per heavy atom. The quantitative estimate of drug-likeness (QED) is 0.485. The first kappa shape index (κ1) is 22.7. The molecule has 0 aliphatic carbocycles. The molecule has 0 aromatic heterocycles. The van der Waals surface area contributed by atoms with E-state index >= 15 is 0 Å². The molecule has 0 aromatic carbocycles. The summed E-state index contributed by atoms with van der Waals surface area (Å²) in [7, 11) is 0. The van der Waals surface area contributed by atoms with Crippen molar-refractivity contribution in [1.29, 1.82) is 0 Å². The molecule has 1 atom stereocenters. The molecule has 3 N–H and O–H groups in total. The van der Waals surface area contributed by atoms with Crippen LogP contribution in [0.5, 0.6) is 0 Å². The van der Waals surface area contributed by atoms with Gasteiger partial charge in [-0.1, -0.05) is 0 Å². The van der Waals surface area contributed by atoms with Crippen molar-refractivity contribution in [3.05, 3.63) is 0 Å². The Morgan fingerprint density at radius 1 is 0.692 bits per heavy atom. The normalized spacial score (nSPS) is 5.77. The molecule has 0 saturated heterocycles. The maximum atomic E-state index is 9.00. The van der Waals surface area contributed by atoms with Gasteiger partial charge in [0.2, 0.25) is 0 Å². The molecule has 7 heteroatoms. The second-order valence-electron chi connectivity index (χ2n) is 1.56. The summed E-state index contributed by atoms with van der Waals surface area (Å²) in [4.78, 5) is 27.0. The Balaban J connectivity index is -0.0000000450. The van der Waals surface area contributed by atoms with Crippen molar-refractivity contribution in [2.75, 3.05) is 0 Å². The average molecular weight is 258 g/mol. The molecule has 0 aliphatic rings. The summed E-state index contributed by atoms with van der Waals surface area (Å²) in [6.07, 6.45) is 0. The van der Waals surface area contributed by atoms with Crippen LogP contribution in [-0.2, 0) is 14.4 Å². The first-order valence-electron chi connectivity index (χ1n) is 2.78. The van der Waals surface area contributed by atoms with Crippen molar-refractivity contribution in [2.45, 2.75) is 20.8 Å². The third-order valence-electron chi connectivity index (χ3n) is 0. The molecule has 6 nitrogen and oxygen atoms in total. The molecule has 0 spiro atoms. The van der Waals surface area contributed by atoms with Crippen molar-refractivity contribution in [1.82, 2.24) is 0 Å². The van der Waals surface area contributed by atoms with Gasteiger partial charge in [-0.25, -0.2) is 0 Å². The van der Waals surface area contributed by atoms with Crippen LogP contribution in [-0.4, -0.2) is 51.2 Å². The summed E-state index contributed by atoms with van der Waals surface area (Å²) < 4.78 is 0. The molecule has 0 bridgehead atoms. The third-order valence-corrected chi connectivity index (χ3v) is 0. The van der Waals surface area contributed by atoms with E-state index in [0.717, 1.165) is 20.8 Å². The molecule has 1 unspecified atom stereocenters. The monoisotopic (exact) mass is 258 g/mol.